The van der Waals surface area contributed by atoms with Crippen molar-refractivity contribution in [3.8, 4) is 0 Å². The van der Waals surface area contributed by atoms with Gasteiger partial charge in [0.2, 0.25) is 0 Å². The molecule has 1 heterocycles. The van der Waals surface area contributed by atoms with Crippen molar-refractivity contribution in [2.75, 3.05) is 38.5 Å². The molecular weight excluding hydrogens is 300 g/mol. The van der Waals surface area contributed by atoms with Crippen molar-refractivity contribution < 1.29 is 13.5 Å². The Morgan fingerprint density at radius 2 is 1.86 bits per heavy atom. The average Bonchev–Trinajstić information content (AvgIpc) is 2.54. The Hall–Kier alpha value is -0.950. The summed E-state index contributed by atoms with van der Waals surface area (Å²) in [6.07, 6.45) is 0.733. The molecule has 1 aromatic rings. The second-order valence-corrected chi connectivity index (χ2v) is 7.89. The summed E-state index contributed by atoms with van der Waals surface area (Å²) < 4.78 is 23.9. The van der Waals surface area contributed by atoms with Gasteiger partial charge in [-0.05, 0) is 30.5 Å². The highest BCUT2D eigenvalue weighted by atomic mass is 32.2. The van der Waals surface area contributed by atoms with Gasteiger partial charge in [0.1, 0.15) is 0 Å². The molecule has 0 amide bonds. The molecule has 2 N–H and O–H groups in total. The lowest BCUT2D eigenvalue weighted by molar-refractivity contribution is 0.136. The molecule has 0 bridgehead atoms. The van der Waals surface area contributed by atoms with Gasteiger partial charge in [0.25, 0.3) is 0 Å². The van der Waals surface area contributed by atoms with E-state index in [9.17, 15) is 13.5 Å². The van der Waals surface area contributed by atoms with Crippen LogP contribution in [-0.2, 0) is 9.84 Å². The van der Waals surface area contributed by atoms with Crippen LogP contribution < -0.4 is 5.32 Å². The van der Waals surface area contributed by atoms with Gasteiger partial charge >= 0.3 is 0 Å². The van der Waals surface area contributed by atoms with Gasteiger partial charge in [-0.3, -0.25) is 0 Å². The number of hydrogen-bond acceptors (Lipinski definition) is 5. The predicted octanol–water partition coefficient (Wildman–Crippen LogP) is 1.20. The number of aliphatic hydroxyl groups excluding tert-OH is 1. The first-order chi connectivity index (χ1) is 10.5. The highest BCUT2D eigenvalue weighted by Gasteiger charge is 2.16. The van der Waals surface area contributed by atoms with Crippen molar-refractivity contribution in [2.24, 2.45) is 0 Å². The molecule has 124 valence electrons. The van der Waals surface area contributed by atoms with Crippen LogP contribution >= 0.6 is 0 Å². The van der Waals surface area contributed by atoms with Crippen LogP contribution in [0.5, 0.6) is 0 Å². The van der Waals surface area contributed by atoms with Crippen LogP contribution in [0.3, 0.4) is 0 Å². The lowest BCUT2D eigenvalue weighted by Gasteiger charge is -2.28. The first kappa shape index (κ1) is 17.4. The quantitative estimate of drug-likeness (QED) is 0.788. The zero-order chi connectivity index (χ0) is 16.0. The topological polar surface area (TPSA) is 69.6 Å². The number of benzene rings is 1. The lowest BCUT2D eigenvalue weighted by atomic mass is 10.1. The molecule has 1 atom stereocenters. The van der Waals surface area contributed by atoms with Crippen LogP contribution in [0.1, 0.15) is 31.4 Å². The minimum Gasteiger partial charge on any atom is -0.388 e. The number of hydrogen-bond donors (Lipinski definition) is 2. The van der Waals surface area contributed by atoms with E-state index in [4.69, 9.17) is 0 Å². The normalized spacial score (nSPS) is 18.3. The Morgan fingerprint density at radius 3 is 2.45 bits per heavy atom. The van der Waals surface area contributed by atoms with Crippen molar-refractivity contribution >= 4 is 9.84 Å². The van der Waals surface area contributed by atoms with Crippen LogP contribution in [0.15, 0.2) is 29.2 Å². The number of nitrogens with zero attached hydrogens (tertiary/aromatic N) is 1. The fourth-order valence-corrected chi connectivity index (χ4v) is 4.01. The Morgan fingerprint density at radius 1 is 1.23 bits per heavy atom. The highest BCUT2D eigenvalue weighted by molar-refractivity contribution is 7.91. The first-order valence-corrected chi connectivity index (χ1v) is 9.62. The Labute approximate surface area is 133 Å². The molecule has 1 fully saturated rings. The van der Waals surface area contributed by atoms with Gasteiger partial charge in [0.05, 0.1) is 16.8 Å². The van der Waals surface area contributed by atoms with Crippen LogP contribution in [0.2, 0.25) is 0 Å². The van der Waals surface area contributed by atoms with Crippen LogP contribution in [-0.4, -0.2) is 56.9 Å². The molecule has 5 nitrogen and oxygen atoms in total. The zero-order valence-corrected chi connectivity index (χ0v) is 14.0. The summed E-state index contributed by atoms with van der Waals surface area (Å²) in [5, 5.41) is 13.6. The van der Waals surface area contributed by atoms with Crippen LogP contribution in [0, 0.1) is 0 Å². The third-order valence-electron chi connectivity index (χ3n) is 4.03. The molecule has 0 saturated carbocycles. The number of piperazine rings is 1. The summed E-state index contributed by atoms with van der Waals surface area (Å²) in [6, 6.07) is 6.67. The molecule has 6 heteroatoms. The van der Waals surface area contributed by atoms with Gasteiger partial charge in [0, 0.05) is 32.7 Å². The molecule has 1 aromatic carbocycles. The molecule has 0 spiro atoms. The maximum Gasteiger partial charge on any atom is 0.178 e. The summed E-state index contributed by atoms with van der Waals surface area (Å²) in [6.45, 7) is 6.74. The van der Waals surface area contributed by atoms with Crippen molar-refractivity contribution in [3.05, 3.63) is 29.8 Å². The zero-order valence-electron chi connectivity index (χ0n) is 13.2. The summed E-state index contributed by atoms with van der Waals surface area (Å²) in [5.41, 5.74) is 0.783. The summed E-state index contributed by atoms with van der Waals surface area (Å²) in [7, 11) is -3.18. The van der Waals surface area contributed by atoms with Crippen LogP contribution in [0.4, 0.5) is 0 Å². The lowest BCUT2D eigenvalue weighted by Crippen LogP contribution is -2.44. The van der Waals surface area contributed by atoms with Gasteiger partial charge in [0.15, 0.2) is 9.84 Å². The maximum atomic E-state index is 12.0. The summed E-state index contributed by atoms with van der Waals surface area (Å²) >= 11 is 0. The molecule has 0 aliphatic carbocycles. The average molecular weight is 326 g/mol. The largest absolute Gasteiger partial charge is 0.388 e. The maximum absolute atomic E-state index is 12.0. The SMILES string of the molecule is CCCS(=O)(=O)c1ccc(C(O)CCN2CCNCC2)cc1. The first-order valence-electron chi connectivity index (χ1n) is 7.97. The highest BCUT2D eigenvalue weighted by Crippen LogP contribution is 2.20. The van der Waals surface area contributed by atoms with Crippen molar-refractivity contribution in [3.63, 3.8) is 0 Å². The van der Waals surface area contributed by atoms with E-state index in [1.54, 1.807) is 24.3 Å². The molecule has 22 heavy (non-hydrogen) atoms. The van der Waals surface area contributed by atoms with Gasteiger partial charge in [-0.2, -0.15) is 0 Å². The van der Waals surface area contributed by atoms with Gasteiger partial charge < -0.3 is 15.3 Å². The molecule has 1 unspecified atom stereocenters. The van der Waals surface area contributed by atoms with E-state index in [1.165, 1.54) is 0 Å². The molecule has 1 aliphatic heterocycles. The van der Waals surface area contributed by atoms with Crippen molar-refractivity contribution in [1.82, 2.24) is 10.2 Å². The second-order valence-electron chi connectivity index (χ2n) is 5.78. The molecular formula is C16H26N2O3S. The second kappa shape index (κ2) is 8.06. The van der Waals surface area contributed by atoms with E-state index < -0.39 is 15.9 Å². The van der Waals surface area contributed by atoms with Crippen molar-refractivity contribution in [2.45, 2.75) is 30.8 Å². The Balaban J connectivity index is 1.91. The fourth-order valence-electron chi connectivity index (χ4n) is 2.69. The third kappa shape index (κ3) is 4.78. The van der Waals surface area contributed by atoms with E-state index in [1.807, 2.05) is 6.92 Å². The Bertz CT molecular complexity index is 551. The van der Waals surface area contributed by atoms with E-state index in [0.29, 0.717) is 17.7 Å². The number of nitrogens with one attached hydrogen (secondary N) is 1. The number of sulfone groups is 1. The molecule has 0 aromatic heterocycles. The Kier molecular flexibility index (Phi) is 6.37. The number of aliphatic hydroxyl groups is 1. The van der Waals surface area contributed by atoms with E-state index in [-0.39, 0.29) is 5.75 Å². The summed E-state index contributed by atoms with van der Waals surface area (Å²) in [5.74, 6) is 0.165. The number of rotatable bonds is 7. The monoisotopic (exact) mass is 326 g/mol. The minimum absolute atomic E-state index is 0.165. The molecule has 2 rings (SSSR count). The van der Waals surface area contributed by atoms with Gasteiger partial charge in [-0.15, -0.1) is 0 Å². The molecule has 1 saturated heterocycles. The molecule has 1 aliphatic rings. The smallest absolute Gasteiger partial charge is 0.178 e. The van der Waals surface area contributed by atoms with Crippen LogP contribution in [0.25, 0.3) is 0 Å². The molecule has 0 radical (unpaired) electrons. The van der Waals surface area contributed by atoms with Gasteiger partial charge in [-0.1, -0.05) is 19.1 Å². The van der Waals surface area contributed by atoms with Gasteiger partial charge in [-0.25, -0.2) is 8.42 Å². The third-order valence-corrected chi connectivity index (χ3v) is 5.96. The minimum atomic E-state index is -3.18. The van der Waals surface area contributed by atoms with E-state index in [2.05, 4.69) is 10.2 Å². The van der Waals surface area contributed by atoms with E-state index in [0.717, 1.165) is 38.3 Å². The summed E-state index contributed by atoms with van der Waals surface area (Å²) in [4.78, 5) is 2.67. The predicted molar refractivity (Wildman–Crippen MR) is 87.7 cm³/mol. The standard InChI is InChI=1S/C16H26N2O3S/c1-2-13-22(20,21)15-5-3-14(4-6-15)16(19)7-10-18-11-8-17-9-12-18/h3-6,16-17,19H,2,7-13H2,1H3. The fraction of sp³-hybridized carbons (Fsp3) is 0.625. The van der Waals surface area contributed by atoms with Crippen molar-refractivity contribution in [1.29, 1.82) is 0 Å². The van der Waals surface area contributed by atoms with E-state index >= 15 is 0 Å².